The second-order valence-corrected chi connectivity index (χ2v) is 5.26. The monoisotopic (exact) mass is 247 g/mol. The van der Waals surface area contributed by atoms with Gasteiger partial charge in [0.25, 0.3) is 0 Å². The Morgan fingerprint density at radius 3 is 2.94 bits per heavy atom. The summed E-state index contributed by atoms with van der Waals surface area (Å²) in [5.41, 5.74) is 9.45. The van der Waals surface area contributed by atoms with Crippen LogP contribution in [0.1, 0.15) is 50.3 Å². The highest BCUT2D eigenvalue weighted by molar-refractivity contribution is 5.54. The summed E-state index contributed by atoms with van der Waals surface area (Å²) < 4.78 is 0. The van der Waals surface area contributed by atoms with Gasteiger partial charge in [-0.15, -0.1) is 0 Å². The number of hydrogen-bond acceptors (Lipinski definition) is 3. The summed E-state index contributed by atoms with van der Waals surface area (Å²) in [6.45, 7) is 6.09. The van der Waals surface area contributed by atoms with Crippen LogP contribution >= 0.6 is 0 Å². The van der Waals surface area contributed by atoms with Gasteiger partial charge in [0.15, 0.2) is 0 Å². The van der Waals surface area contributed by atoms with Gasteiger partial charge in [-0.25, -0.2) is 0 Å². The quantitative estimate of drug-likeness (QED) is 0.892. The van der Waals surface area contributed by atoms with Gasteiger partial charge in [0.2, 0.25) is 0 Å². The van der Waals surface area contributed by atoms with Crippen LogP contribution in [0.5, 0.6) is 0 Å². The van der Waals surface area contributed by atoms with Gasteiger partial charge in [-0.05, 0) is 32.3 Å². The molecule has 1 saturated heterocycles. The summed E-state index contributed by atoms with van der Waals surface area (Å²) >= 11 is 0. The van der Waals surface area contributed by atoms with Crippen LogP contribution in [-0.2, 0) is 6.54 Å². The zero-order chi connectivity index (χ0) is 13.0. The van der Waals surface area contributed by atoms with Gasteiger partial charge in [-0.1, -0.05) is 19.8 Å². The zero-order valence-corrected chi connectivity index (χ0v) is 11.7. The van der Waals surface area contributed by atoms with E-state index >= 15 is 0 Å². The Hall–Kier alpha value is -1.09. The summed E-state index contributed by atoms with van der Waals surface area (Å²) in [5, 5.41) is 0. The van der Waals surface area contributed by atoms with E-state index in [1.165, 1.54) is 43.4 Å². The molecular formula is C15H25N3. The molecule has 1 fully saturated rings. The zero-order valence-electron chi connectivity index (χ0n) is 11.7. The molecule has 18 heavy (non-hydrogen) atoms. The number of anilines is 1. The number of pyridine rings is 1. The number of hydrogen-bond donors (Lipinski definition) is 1. The molecule has 2 rings (SSSR count). The molecule has 1 atom stereocenters. The molecule has 0 aliphatic carbocycles. The normalized spacial score (nSPS) is 20.8. The van der Waals surface area contributed by atoms with Crippen LogP contribution in [-0.4, -0.2) is 17.6 Å². The number of nitrogens with zero attached hydrogens (tertiary/aromatic N) is 2. The van der Waals surface area contributed by atoms with Crippen molar-refractivity contribution in [3.63, 3.8) is 0 Å². The molecule has 2 heterocycles. The molecule has 1 unspecified atom stereocenters. The Labute approximate surface area is 110 Å². The fourth-order valence-electron chi connectivity index (χ4n) is 2.92. The first-order chi connectivity index (χ1) is 8.76. The molecular weight excluding hydrogens is 222 g/mol. The highest BCUT2D eigenvalue weighted by atomic mass is 15.2. The van der Waals surface area contributed by atoms with Gasteiger partial charge in [0.1, 0.15) is 0 Å². The molecule has 1 aromatic rings. The lowest BCUT2D eigenvalue weighted by Gasteiger charge is -2.33. The molecule has 100 valence electrons. The van der Waals surface area contributed by atoms with E-state index in [1.54, 1.807) is 0 Å². The fourth-order valence-corrected chi connectivity index (χ4v) is 2.92. The van der Waals surface area contributed by atoms with E-state index in [2.05, 4.69) is 29.8 Å². The Morgan fingerprint density at radius 2 is 2.22 bits per heavy atom. The lowest BCUT2D eigenvalue weighted by Crippen LogP contribution is -2.35. The third-order valence-corrected chi connectivity index (χ3v) is 3.98. The van der Waals surface area contributed by atoms with Crippen molar-refractivity contribution in [3.8, 4) is 0 Å². The van der Waals surface area contributed by atoms with E-state index in [1.807, 2.05) is 6.20 Å². The van der Waals surface area contributed by atoms with Crippen molar-refractivity contribution in [2.45, 2.75) is 58.5 Å². The summed E-state index contributed by atoms with van der Waals surface area (Å²) in [4.78, 5) is 6.95. The summed E-state index contributed by atoms with van der Waals surface area (Å²) in [5.74, 6) is 0. The van der Waals surface area contributed by atoms with E-state index < -0.39 is 0 Å². The lowest BCUT2D eigenvalue weighted by molar-refractivity contribution is 0.554. The Balaban J connectivity index is 2.34. The minimum absolute atomic E-state index is 0.579. The first-order valence-corrected chi connectivity index (χ1v) is 7.18. The number of nitrogens with two attached hydrogens (primary N) is 1. The highest BCUT2D eigenvalue weighted by Crippen LogP contribution is 2.28. The van der Waals surface area contributed by atoms with Gasteiger partial charge in [0, 0.05) is 42.3 Å². The van der Waals surface area contributed by atoms with Crippen molar-refractivity contribution in [3.05, 3.63) is 23.5 Å². The molecule has 0 amide bonds. The molecule has 0 saturated carbocycles. The molecule has 3 heteroatoms. The van der Waals surface area contributed by atoms with Crippen LogP contribution in [0.15, 0.2) is 12.3 Å². The van der Waals surface area contributed by atoms with Crippen LogP contribution < -0.4 is 10.6 Å². The standard InChI is InChI=1S/C15H25N3/c1-3-14-7-5-4-6-8-18(14)15-9-12(2)17-11-13(15)10-16/h9,11,14H,3-8,10,16H2,1-2H3. The van der Waals surface area contributed by atoms with E-state index in [0.717, 1.165) is 12.2 Å². The van der Waals surface area contributed by atoms with Crippen molar-refractivity contribution in [1.82, 2.24) is 4.98 Å². The Morgan fingerprint density at radius 1 is 1.39 bits per heavy atom. The average Bonchev–Trinajstić information content (AvgIpc) is 2.63. The van der Waals surface area contributed by atoms with Gasteiger partial charge in [0.05, 0.1) is 0 Å². The van der Waals surface area contributed by atoms with Crippen molar-refractivity contribution in [2.24, 2.45) is 5.73 Å². The van der Waals surface area contributed by atoms with Crippen LogP contribution in [0.4, 0.5) is 5.69 Å². The second kappa shape index (κ2) is 6.19. The van der Waals surface area contributed by atoms with E-state index in [4.69, 9.17) is 5.73 Å². The lowest BCUT2D eigenvalue weighted by atomic mass is 10.1. The first kappa shape index (κ1) is 13.3. The minimum Gasteiger partial charge on any atom is -0.368 e. The van der Waals surface area contributed by atoms with Gasteiger partial charge >= 0.3 is 0 Å². The summed E-state index contributed by atoms with van der Waals surface area (Å²) in [6, 6.07) is 2.87. The largest absolute Gasteiger partial charge is 0.368 e. The summed E-state index contributed by atoms with van der Waals surface area (Å²) in [7, 11) is 0. The third kappa shape index (κ3) is 2.83. The topological polar surface area (TPSA) is 42.2 Å². The summed E-state index contributed by atoms with van der Waals surface area (Å²) in [6.07, 6.45) is 8.48. The molecule has 0 spiro atoms. The smallest absolute Gasteiger partial charge is 0.0447 e. The molecule has 2 N–H and O–H groups in total. The molecule has 0 aromatic carbocycles. The number of rotatable bonds is 3. The Bertz CT molecular complexity index is 389. The van der Waals surface area contributed by atoms with Gasteiger partial charge < -0.3 is 10.6 Å². The fraction of sp³-hybridized carbons (Fsp3) is 0.667. The maximum absolute atomic E-state index is 5.87. The van der Waals surface area contributed by atoms with Gasteiger partial charge in [-0.3, -0.25) is 4.98 Å². The number of aryl methyl sites for hydroxylation is 1. The van der Waals surface area contributed by atoms with E-state index in [-0.39, 0.29) is 0 Å². The molecule has 3 nitrogen and oxygen atoms in total. The molecule has 0 radical (unpaired) electrons. The maximum atomic E-state index is 5.87. The third-order valence-electron chi connectivity index (χ3n) is 3.98. The average molecular weight is 247 g/mol. The second-order valence-electron chi connectivity index (χ2n) is 5.26. The van der Waals surface area contributed by atoms with Crippen LogP contribution in [0.3, 0.4) is 0 Å². The Kier molecular flexibility index (Phi) is 4.59. The molecule has 1 aliphatic heterocycles. The SMILES string of the molecule is CCC1CCCCCN1c1cc(C)ncc1CN. The number of aromatic nitrogens is 1. The molecule has 1 aliphatic rings. The first-order valence-electron chi connectivity index (χ1n) is 7.18. The van der Waals surface area contributed by atoms with E-state index in [0.29, 0.717) is 12.6 Å². The minimum atomic E-state index is 0.579. The van der Waals surface area contributed by atoms with Crippen molar-refractivity contribution >= 4 is 5.69 Å². The predicted molar refractivity (Wildman–Crippen MR) is 76.8 cm³/mol. The maximum Gasteiger partial charge on any atom is 0.0447 e. The van der Waals surface area contributed by atoms with Crippen molar-refractivity contribution in [2.75, 3.05) is 11.4 Å². The van der Waals surface area contributed by atoms with Crippen LogP contribution in [0, 0.1) is 6.92 Å². The van der Waals surface area contributed by atoms with Crippen molar-refractivity contribution < 1.29 is 0 Å². The van der Waals surface area contributed by atoms with E-state index in [9.17, 15) is 0 Å². The highest BCUT2D eigenvalue weighted by Gasteiger charge is 2.21. The van der Waals surface area contributed by atoms with Gasteiger partial charge in [-0.2, -0.15) is 0 Å². The molecule has 1 aromatic heterocycles. The predicted octanol–water partition coefficient (Wildman–Crippen LogP) is 3.01. The van der Waals surface area contributed by atoms with Crippen LogP contribution in [0.25, 0.3) is 0 Å². The van der Waals surface area contributed by atoms with Crippen LogP contribution in [0.2, 0.25) is 0 Å². The van der Waals surface area contributed by atoms with Crippen molar-refractivity contribution in [1.29, 1.82) is 0 Å². The molecule has 0 bridgehead atoms.